The molecule has 0 aromatic rings. The van der Waals surface area contributed by atoms with Crippen LogP contribution >= 0.6 is 0 Å². The first-order valence-electron chi connectivity index (χ1n) is 7.74. The fourth-order valence-electron chi connectivity index (χ4n) is 2.88. The van der Waals surface area contributed by atoms with E-state index < -0.39 is 12.0 Å². The number of nitrogens with one attached hydrogen (secondary N) is 2. The summed E-state index contributed by atoms with van der Waals surface area (Å²) in [4.78, 5) is 22.9. The normalized spacial score (nSPS) is 20.0. The van der Waals surface area contributed by atoms with E-state index in [1.54, 1.807) is 0 Å². The largest absolute Gasteiger partial charge is 0.480 e. The Bertz CT molecular complexity index is 350. The number of aliphatic carboxylic acids is 1. The third-order valence-corrected chi connectivity index (χ3v) is 4.26. The Morgan fingerprint density at radius 3 is 2.10 bits per heavy atom. The van der Waals surface area contributed by atoms with Crippen molar-refractivity contribution in [2.45, 2.75) is 52.0 Å². The highest BCUT2D eigenvalue weighted by Crippen LogP contribution is 2.48. The summed E-state index contributed by atoms with van der Waals surface area (Å²) < 4.78 is 0. The number of carbonyl (C=O) groups excluding carboxylic acids is 1. The number of hydrogen-bond acceptors (Lipinski definition) is 2. The van der Waals surface area contributed by atoms with Gasteiger partial charge >= 0.3 is 12.0 Å². The van der Waals surface area contributed by atoms with Crippen LogP contribution in [0.25, 0.3) is 0 Å². The summed E-state index contributed by atoms with van der Waals surface area (Å²) in [6.45, 7) is 4.59. The molecule has 2 aliphatic rings. The maximum absolute atomic E-state index is 11.8. The number of amides is 2. The van der Waals surface area contributed by atoms with Gasteiger partial charge in [0.05, 0.1) is 0 Å². The van der Waals surface area contributed by atoms with E-state index in [1.165, 1.54) is 25.7 Å². The third-order valence-electron chi connectivity index (χ3n) is 4.26. The Kier molecular flexibility index (Phi) is 4.89. The number of carbonyl (C=O) groups is 2. The van der Waals surface area contributed by atoms with Gasteiger partial charge in [-0.2, -0.15) is 0 Å². The van der Waals surface area contributed by atoms with Gasteiger partial charge in [-0.25, -0.2) is 9.59 Å². The van der Waals surface area contributed by atoms with E-state index in [-0.39, 0.29) is 11.9 Å². The molecule has 2 amide bonds. The lowest BCUT2D eigenvalue weighted by Gasteiger charge is -2.19. The van der Waals surface area contributed by atoms with Gasteiger partial charge in [0.2, 0.25) is 0 Å². The zero-order valence-electron chi connectivity index (χ0n) is 12.4. The van der Waals surface area contributed by atoms with Crippen molar-refractivity contribution in [2.75, 3.05) is 6.54 Å². The van der Waals surface area contributed by atoms with Crippen molar-refractivity contribution in [3.63, 3.8) is 0 Å². The molecule has 0 unspecified atom stereocenters. The highest BCUT2D eigenvalue weighted by atomic mass is 16.4. The zero-order chi connectivity index (χ0) is 14.7. The van der Waals surface area contributed by atoms with Crippen molar-refractivity contribution in [1.82, 2.24) is 10.6 Å². The second-order valence-electron chi connectivity index (χ2n) is 6.71. The fraction of sp³-hybridized carbons (Fsp3) is 0.867. The predicted molar refractivity (Wildman–Crippen MR) is 76.4 cm³/mol. The van der Waals surface area contributed by atoms with E-state index >= 15 is 0 Å². The molecule has 2 aliphatic carbocycles. The first kappa shape index (κ1) is 15.1. The van der Waals surface area contributed by atoms with Crippen molar-refractivity contribution in [3.05, 3.63) is 0 Å². The zero-order valence-corrected chi connectivity index (χ0v) is 12.4. The maximum atomic E-state index is 11.8. The minimum absolute atomic E-state index is 0.238. The fourth-order valence-corrected chi connectivity index (χ4v) is 2.88. The van der Waals surface area contributed by atoms with Gasteiger partial charge in [0.15, 0.2) is 0 Å². The Labute approximate surface area is 120 Å². The van der Waals surface area contributed by atoms with Crippen molar-refractivity contribution in [3.8, 4) is 0 Å². The number of carboxylic acids is 1. The van der Waals surface area contributed by atoms with Gasteiger partial charge in [0.25, 0.3) is 0 Å². The predicted octanol–water partition coefficient (Wildman–Crippen LogP) is 2.22. The molecule has 0 spiro atoms. The molecule has 0 bridgehead atoms. The first-order chi connectivity index (χ1) is 9.47. The molecule has 0 aliphatic heterocycles. The van der Waals surface area contributed by atoms with Crippen LogP contribution in [-0.2, 0) is 4.79 Å². The Balaban J connectivity index is 1.74. The highest BCUT2D eigenvalue weighted by molar-refractivity contribution is 5.82. The second kappa shape index (κ2) is 6.46. The van der Waals surface area contributed by atoms with Crippen molar-refractivity contribution in [2.24, 2.45) is 23.7 Å². The lowest BCUT2D eigenvalue weighted by molar-refractivity contribution is -0.139. The molecule has 1 atom stereocenters. The van der Waals surface area contributed by atoms with Gasteiger partial charge in [-0.15, -0.1) is 0 Å². The van der Waals surface area contributed by atoms with Crippen LogP contribution in [-0.4, -0.2) is 29.7 Å². The molecule has 0 aromatic carbocycles. The second-order valence-corrected chi connectivity index (χ2v) is 6.71. The molecule has 5 heteroatoms. The van der Waals surface area contributed by atoms with Crippen LogP contribution in [0.3, 0.4) is 0 Å². The van der Waals surface area contributed by atoms with E-state index in [9.17, 15) is 9.59 Å². The van der Waals surface area contributed by atoms with E-state index in [4.69, 9.17) is 5.11 Å². The number of carboxylic acid groups (broad SMARTS) is 1. The van der Waals surface area contributed by atoms with E-state index in [2.05, 4.69) is 10.6 Å². The first-order valence-corrected chi connectivity index (χ1v) is 7.74. The number of hydrogen-bond donors (Lipinski definition) is 3. The minimum Gasteiger partial charge on any atom is -0.480 e. The summed E-state index contributed by atoms with van der Waals surface area (Å²) >= 11 is 0. The van der Waals surface area contributed by atoms with E-state index in [0.717, 1.165) is 11.8 Å². The van der Waals surface area contributed by atoms with Crippen LogP contribution in [0, 0.1) is 23.7 Å². The van der Waals surface area contributed by atoms with Crippen LogP contribution in [0.4, 0.5) is 4.79 Å². The van der Waals surface area contributed by atoms with Crippen LogP contribution in [0.2, 0.25) is 0 Å². The standard InChI is InChI=1S/C15H26N2O3/c1-9(2)7-13(14(18)19)17-15(20)16-8-12(10-3-4-10)11-5-6-11/h9-13H,3-8H2,1-2H3,(H,18,19)(H2,16,17,20)/t13-/m1/s1. The molecular formula is C15H26N2O3. The minimum atomic E-state index is -0.963. The monoisotopic (exact) mass is 282 g/mol. The molecule has 5 nitrogen and oxygen atoms in total. The van der Waals surface area contributed by atoms with Crippen molar-refractivity contribution in [1.29, 1.82) is 0 Å². The summed E-state index contributed by atoms with van der Waals surface area (Å²) in [6, 6.07) is -1.14. The molecule has 3 N–H and O–H groups in total. The van der Waals surface area contributed by atoms with Gasteiger partial charge in [0.1, 0.15) is 6.04 Å². The Hall–Kier alpha value is -1.26. The molecule has 2 fully saturated rings. The summed E-state index contributed by atoms with van der Waals surface area (Å²) in [7, 11) is 0. The molecule has 20 heavy (non-hydrogen) atoms. The van der Waals surface area contributed by atoms with Crippen molar-refractivity contribution < 1.29 is 14.7 Å². The van der Waals surface area contributed by atoms with E-state index in [1.807, 2.05) is 13.8 Å². The van der Waals surface area contributed by atoms with Gasteiger partial charge < -0.3 is 15.7 Å². The lowest BCUT2D eigenvalue weighted by Crippen LogP contribution is -2.47. The lowest BCUT2D eigenvalue weighted by atomic mass is 9.98. The van der Waals surface area contributed by atoms with Crippen LogP contribution in [0.15, 0.2) is 0 Å². The number of urea groups is 1. The molecule has 0 heterocycles. The average Bonchev–Trinajstić information content (AvgIpc) is 3.22. The summed E-state index contributed by atoms with van der Waals surface area (Å²) in [6.07, 6.45) is 5.60. The molecule has 2 saturated carbocycles. The van der Waals surface area contributed by atoms with Gasteiger partial charge in [0, 0.05) is 6.54 Å². The topological polar surface area (TPSA) is 78.4 Å². The van der Waals surface area contributed by atoms with Gasteiger partial charge in [-0.3, -0.25) is 0 Å². The number of rotatable bonds is 8. The Morgan fingerprint density at radius 2 is 1.70 bits per heavy atom. The smallest absolute Gasteiger partial charge is 0.326 e. The third kappa shape index (κ3) is 4.69. The quantitative estimate of drug-likeness (QED) is 0.638. The molecule has 0 saturated heterocycles. The van der Waals surface area contributed by atoms with Crippen molar-refractivity contribution >= 4 is 12.0 Å². The van der Waals surface area contributed by atoms with E-state index in [0.29, 0.717) is 18.9 Å². The van der Waals surface area contributed by atoms with Gasteiger partial charge in [-0.1, -0.05) is 13.8 Å². The molecule has 114 valence electrons. The average molecular weight is 282 g/mol. The van der Waals surface area contributed by atoms with Gasteiger partial charge in [-0.05, 0) is 55.8 Å². The highest BCUT2D eigenvalue weighted by Gasteiger charge is 2.41. The summed E-state index contributed by atoms with van der Waals surface area (Å²) in [5.74, 6) is 1.45. The molecular weight excluding hydrogens is 256 g/mol. The van der Waals surface area contributed by atoms with Crippen LogP contribution < -0.4 is 10.6 Å². The Morgan fingerprint density at radius 1 is 1.15 bits per heavy atom. The molecule has 2 rings (SSSR count). The maximum Gasteiger partial charge on any atom is 0.326 e. The molecule has 0 aromatic heterocycles. The van der Waals surface area contributed by atoms with Crippen LogP contribution in [0.1, 0.15) is 46.0 Å². The van der Waals surface area contributed by atoms with Crippen LogP contribution in [0.5, 0.6) is 0 Å². The summed E-state index contributed by atoms with van der Waals surface area (Å²) in [5, 5.41) is 14.5. The molecule has 0 radical (unpaired) electrons. The summed E-state index contributed by atoms with van der Waals surface area (Å²) in [5.41, 5.74) is 0. The SMILES string of the molecule is CC(C)C[C@@H](NC(=O)NCC(C1CC1)C1CC1)C(=O)O.